The first-order valence-corrected chi connectivity index (χ1v) is 13.7. The van der Waals surface area contributed by atoms with Crippen LogP contribution in [-0.4, -0.2) is 110 Å². The SMILES string of the molecule is O[C@@H]1[C@@H](O)[C@@H](O)O[C@H](CO[C@@H]2O[C@H](COC(c3ccccc3)(c3ccccc3)c3ccccc3)[C@H](O)[C@H](O)[C@H]2O)[C@H]1O. The van der Waals surface area contributed by atoms with Gasteiger partial charge in [-0.25, -0.2) is 0 Å². The van der Waals surface area contributed by atoms with Gasteiger partial charge in [0.05, 0.1) is 13.2 Å². The van der Waals surface area contributed by atoms with E-state index in [1.807, 2.05) is 91.0 Å². The number of ether oxygens (including phenoxy) is 4. The number of hydrogen-bond donors (Lipinski definition) is 7. The van der Waals surface area contributed by atoms with Gasteiger partial charge in [-0.1, -0.05) is 91.0 Å². The van der Waals surface area contributed by atoms with Crippen LogP contribution in [0.1, 0.15) is 16.7 Å². The first-order valence-electron chi connectivity index (χ1n) is 13.7. The molecule has 42 heavy (non-hydrogen) atoms. The van der Waals surface area contributed by atoms with Crippen molar-refractivity contribution in [2.45, 2.75) is 67.0 Å². The lowest BCUT2D eigenvalue weighted by molar-refractivity contribution is -0.328. The molecular formula is C31H36O11. The van der Waals surface area contributed by atoms with Gasteiger partial charge >= 0.3 is 0 Å². The number of hydrogen-bond acceptors (Lipinski definition) is 11. The summed E-state index contributed by atoms with van der Waals surface area (Å²) in [6.07, 6.45) is -15.6. The highest BCUT2D eigenvalue weighted by atomic mass is 16.7. The third-order valence-corrected chi connectivity index (χ3v) is 7.79. The van der Waals surface area contributed by atoms with Gasteiger partial charge in [0.1, 0.15) is 54.4 Å². The highest BCUT2D eigenvalue weighted by Gasteiger charge is 2.48. The van der Waals surface area contributed by atoms with Crippen LogP contribution in [0.2, 0.25) is 0 Å². The summed E-state index contributed by atoms with van der Waals surface area (Å²) in [5.41, 5.74) is 1.29. The van der Waals surface area contributed by atoms with Crippen molar-refractivity contribution in [1.29, 1.82) is 0 Å². The summed E-state index contributed by atoms with van der Waals surface area (Å²) in [5.74, 6) is 0. The fraction of sp³-hybridized carbons (Fsp3) is 0.419. The molecule has 0 aromatic heterocycles. The molecule has 2 aliphatic heterocycles. The topological polar surface area (TPSA) is 179 Å². The maximum atomic E-state index is 10.9. The summed E-state index contributed by atoms with van der Waals surface area (Å²) in [5, 5.41) is 71.8. The Hall–Kier alpha value is -2.78. The van der Waals surface area contributed by atoms with E-state index in [0.717, 1.165) is 16.7 Å². The van der Waals surface area contributed by atoms with Crippen LogP contribution in [0.5, 0.6) is 0 Å². The molecule has 0 bridgehead atoms. The summed E-state index contributed by atoms with van der Waals surface area (Å²) >= 11 is 0. The largest absolute Gasteiger partial charge is 0.387 e. The summed E-state index contributed by atoms with van der Waals surface area (Å²) in [4.78, 5) is 0. The van der Waals surface area contributed by atoms with E-state index in [0.29, 0.717) is 0 Å². The van der Waals surface area contributed by atoms with Crippen molar-refractivity contribution in [3.8, 4) is 0 Å². The van der Waals surface area contributed by atoms with Gasteiger partial charge in [0.15, 0.2) is 12.6 Å². The Morgan fingerprint density at radius 2 is 0.929 bits per heavy atom. The minimum Gasteiger partial charge on any atom is -0.387 e. The molecule has 0 spiro atoms. The molecule has 2 saturated heterocycles. The molecule has 2 fully saturated rings. The van der Waals surface area contributed by atoms with E-state index in [1.165, 1.54) is 0 Å². The Morgan fingerprint density at radius 1 is 0.500 bits per heavy atom. The highest BCUT2D eigenvalue weighted by molar-refractivity contribution is 5.47. The van der Waals surface area contributed by atoms with Gasteiger partial charge in [-0.3, -0.25) is 0 Å². The Bertz CT molecular complexity index is 1150. The zero-order valence-corrected chi connectivity index (χ0v) is 22.6. The molecule has 5 rings (SSSR count). The second-order valence-corrected chi connectivity index (χ2v) is 10.5. The zero-order valence-electron chi connectivity index (χ0n) is 22.6. The van der Waals surface area contributed by atoms with Gasteiger partial charge in [-0.05, 0) is 16.7 Å². The maximum absolute atomic E-state index is 10.9. The van der Waals surface area contributed by atoms with Crippen LogP contribution >= 0.6 is 0 Å². The predicted octanol–water partition coefficient (Wildman–Crippen LogP) is -0.381. The zero-order chi connectivity index (χ0) is 29.9. The standard InChI is InChI=1S/C31H36O11/c32-23-21(41-29(38)27(36)25(23)34)16-39-30-28(37)26(35)24(33)22(42-30)17-40-31(18-10-4-1-5-11-18,19-12-6-2-7-13-19)20-14-8-3-9-15-20/h1-15,21-30,32-38H,16-17H2/t21-,22-,23-,24+,25+,26+,27-,28-,29+,30-/m1/s1. The van der Waals surface area contributed by atoms with Gasteiger partial charge in [-0.15, -0.1) is 0 Å². The molecule has 226 valence electrons. The second kappa shape index (κ2) is 13.2. The molecule has 0 saturated carbocycles. The fourth-order valence-corrected chi connectivity index (χ4v) is 5.43. The van der Waals surface area contributed by atoms with Crippen molar-refractivity contribution in [1.82, 2.24) is 0 Å². The highest BCUT2D eigenvalue weighted by Crippen LogP contribution is 2.41. The first kappa shape index (κ1) is 30.7. The molecule has 3 aromatic carbocycles. The number of aliphatic hydroxyl groups excluding tert-OH is 7. The minimum atomic E-state index is -1.77. The Morgan fingerprint density at radius 3 is 1.40 bits per heavy atom. The minimum absolute atomic E-state index is 0.240. The maximum Gasteiger partial charge on any atom is 0.186 e. The number of benzene rings is 3. The van der Waals surface area contributed by atoms with Crippen LogP contribution in [0.4, 0.5) is 0 Å². The lowest BCUT2D eigenvalue weighted by atomic mass is 9.80. The molecule has 10 atom stereocenters. The average molecular weight is 585 g/mol. The number of aliphatic hydroxyl groups is 7. The average Bonchev–Trinajstić information content (AvgIpc) is 3.03. The molecule has 0 amide bonds. The van der Waals surface area contributed by atoms with Crippen molar-refractivity contribution in [3.05, 3.63) is 108 Å². The van der Waals surface area contributed by atoms with Gasteiger partial charge in [0, 0.05) is 0 Å². The van der Waals surface area contributed by atoms with E-state index in [-0.39, 0.29) is 6.61 Å². The fourth-order valence-electron chi connectivity index (χ4n) is 5.43. The van der Waals surface area contributed by atoms with Crippen LogP contribution in [0.3, 0.4) is 0 Å². The van der Waals surface area contributed by atoms with Crippen molar-refractivity contribution >= 4 is 0 Å². The third kappa shape index (κ3) is 6.00. The predicted molar refractivity (Wildman–Crippen MR) is 147 cm³/mol. The van der Waals surface area contributed by atoms with E-state index in [4.69, 9.17) is 18.9 Å². The Balaban J connectivity index is 1.39. The summed E-state index contributed by atoms with van der Waals surface area (Å²) in [6, 6.07) is 28.6. The molecule has 3 aromatic rings. The Labute approximate surface area is 242 Å². The van der Waals surface area contributed by atoms with Crippen molar-refractivity contribution in [2.24, 2.45) is 0 Å². The molecule has 11 nitrogen and oxygen atoms in total. The van der Waals surface area contributed by atoms with Gasteiger partial charge < -0.3 is 54.7 Å². The summed E-state index contributed by atoms with van der Waals surface area (Å²) < 4.78 is 23.3. The van der Waals surface area contributed by atoms with Crippen LogP contribution in [0, 0.1) is 0 Å². The van der Waals surface area contributed by atoms with Crippen molar-refractivity contribution in [3.63, 3.8) is 0 Å². The van der Waals surface area contributed by atoms with E-state index >= 15 is 0 Å². The monoisotopic (exact) mass is 584 g/mol. The number of rotatable bonds is 9. The molecule has 0 unspecified atom stereocenters. The van der Waals surface area contributed by atoms with Crippen LogP contribution in [-0.2, 0) is 24.5 Å². The first-order chi connectivity index (χ1) is 20.2. The molecule has 2 heterocycles. The molecule has 7 N–H and O–H groups in total. The van der Waals surface area contributed by atoms with E-state index < -0.39 is 73.6 Å². The molecule has 2 aliphatic rings. The normalized spacial score (nSPS) is 33.8. The smallest absolute Gasteiger partial charge is 0.186 e. The molecule has 0 aliphatic carbocycles. The summed E-state index contributed by atoms with van der Waals surface area (Å²) in [7, 11) is 0. The molecule has 11 heteroatoms. The van der Waals surface area contributed by atoms with Crippen molar-refractivity contribution in [2.75, 3.05) is 13.2 Å². The van der Waals surface area contributed by atoms with Gasteiger partial charge in [0.25, 0.3) is 0 Å². The van der Waals surface area contributed by atoms with Gasteiger partial charge in [-0.2, -0.15) is 0 Å². The lowest BCUT2D eigenvalue weighted by Gasteiger charge is -2.43. The van der Waals surface area contributed by atoms with Crippen molar-refractivity contribution < 1.29 is 54.7 Å². The van der Waals surface area contributed by atoms with Gasteiger partial charge in [0.2, 0.25) is 0 Å². The Kier molecular flexibility index (Phi) is 9.67. The third-order valence-electron chi connectivity index (χ3n) is 7.79. The van der Waals surface area contributed by atoms with E-state index in [9.17, 15) is 35.7 Å². The molecular weight excluding hydrogens is 548 g/mol. The lowest BCUT2D eigenvalue weighted by Crippen LogP contribution is -2.61. The van der Waals surface area contributed by atoms with Crippen LogP contribution < -0.4 is 0 Å². The quantitative estimate of drug-likeness (QED) is 0.163. The van der Waals surface area contributed by atoms with E-state index in [1.54, 1.807) is 0 Å². The van der Waals surface area contributed by atoms with Crippen LogP contribution in [0.25, 0.3) is 0 Å². The molecule has 0 radical (unpaired) electrons. The second-order valence-electron chi connectivity index (χ2n) is 10.5. The van der Waals surface area contributed by atoms with E-state index in [2.05, 4.69) is 0 Å². The van der Waals surface area contributed by atoms with Crippen LogP contribution in [0.15, 0.2) is 91.0 Å². The summed E-state index contributed by atoms with van der Waals surface area (Å²) in [6.45, 7) is -0.724.